The lowest BCUT2D eigenvalue weighted by atomic mass is 10.5. The molecule has 0 aliphatic carbocycles. The highest BCUT2D eigenvalue weighted by Crippen LogP contribution is 2.08. The minimum atomic E-state index is 0.395. The lowest BCUT2D eigenvalue weighted by Crippen LogP contribution is -2.36. The third kappa shape index (κ3) is 1.99. The van der Waals surface area contributed by atoms with Gasteiger partial charge >= 0.3 is 5.95 Å². The number of anilines is 2. The number of hydrogen-bond acceptors (Lipinski definition) is 4. The maximum absolute atomic E-state index is 11.2. The Kier molecular flexibility index (Phi) is 2.55. The Hall–Kier alpha value is -1.52. The number of rotatable bonds is 2. The first kappa shape index (κ1) is 9.57. The zero-order valence-electron chi connectivity index (χ0n) is 8.35. The summed E-state index contributed by atoms with van der Waals surface area (Å²) >= 11 is 0. The van der Waals surface area contributed by atoms with Crippen LogP contribution >= 0.6 is 0 Å². The molecule has 0 fully saturated rings. The molecule has 5 nitrogen and oxygen atoms in total. The van der Waals surface area contributed by atoms with Gasteiger partial charge in [0, 0.05) is 20.2 Å². The number of aromatic nitrogens is 2. The fourth-order valence-corrected chi connectivity index (χ4v) is 0.936. The molecule has 0 atom stereocenters. The molecule has 1 rings (SSSR count). The molecule has 0 spiro atoms. The van der Waals surface area contributed by atoms with Crippen molar-refractivity contribution < 1.29 is 4.73 Å². The zero-order valence-corrected chi connectivity index (χ0v) is 8.35. The van der Waals surface area contributed by atoms with Gasteiger partial charge in [-0.15, -0.1) is 0 Å². The van der Waals surface area contributed by atoms with Crippen molar-refractivity contribution in [3.05, 3.63) is 17.5 Å². The third-order valence-electron chi connectivity index (χ3n) is 1.63. The maximum atomic E-state index is 11.2. The Balaban J connectivity index is 3.11. The monoisotopic (exact) mass is 182 g/mol. The van der Waals surface area contributed by atoms with Crippen LogP contribution in [-0.2, 0) is 0 Å². The summed E-state index contributed by atoms with van der Waals surface area (Å²) in [6.45, 7) is 0. The summed E-state index contributed by atoms with van der Waals surface area (Å²) in [7, 11) is 7.35. The van der Waals surface area contributed by atoms with Crippen LogP contribution in [-0.4, -0.2) is 33.2 Å². The van der Waals surface area contributed by atoms with Crippen LogP contribution in [0.25, 0.3) is 0 Å². The molecule has 0 radical (unpaired) electrons. The Morgan fingerprint density at radius 3 is 2.31 bits per heavy atom. The molecular weight excluding hydrogens is 168 g/mol. The summed E-state index contributed by atoms with van der Waals surface area (Å²) in [5, 5.41) is 11.2. The molecule has 1 aromatic rings. The van der Waals surface area contributed by atoms with Gasteiger partial charge in [-0.25, -0.2) is 4.73 Å². The summed E-state index contributed by atoms with van der Waals surface area (Å²) in [6, 6.07) is 1.68. The van der Waals surface area contributed by atoms with Crippen LogP contribution in [0, 0.1) is 5.21 Å². The Bertz CT molecular complexity index is 298. The summed E-state index contributed by atoms with van der Waals surface area (Å²) < 4.78 is 0.743. The first-order valence-electron chi connectivity index (χ1n) is 3.97. The van der Waals surface area contributed by atoms with E-state index in [0.717, 1.165) is 10.5 Å². The molecule has 1 aromatic heterocycles. The summed E-state index contributed by atoms with van der Waals surface area (Å²) in [6.07, 6.45) is 1.46. The molecule has 0 N–H and O–H groups in total. The first-order valence-corrected chi connectivity index (χ1v) is 3.97. The molecule has 0 unspecified atom stereocenters. The fraction of sp³-hybridized carbons (Fsp3) is 0.500. The minimum absolute atomic E-state index is 0.395. The van der Waals surface area contributed by atoms with Crippen molar-refractivity contribution in [2.45, 2.75) is 0 Å². The van der Waals surface area contributed by atoms with Gasteiger partial charge < -0.3 is 10.1 Å². The lowest BCUT2D eigenvalue weighted by molar-refractivity contribution is -0.594. The quantitative estimate of drug-likeness (QED) is 0.471. The van der Waals surface area contributed by atoms with E-state index in [-0.39, 0.29) is 0 Å². The Labute approximate surface area is 77.8 Å². The summed E-state index contributed by atoms with van der Waals surface area (Å²) in [5.41, 5.74) is 0. The van der Waals surface area contributed by atoms with Gasteiger partial charge in [-0.2, -0.15) is 0 Å². The second-order valence-corrected chi connectivity index (χ2v) is 3.20. The SMILES string of the molecule is CN(C)c1cc[n+]([O-])c(N(C)C)n1. The van der Waals surface area contributed by atoms with Crippen LogP contribution in [0.5, 0.6) is 0 Å². The van der Waals surface area contributed by atoms with Gasteiger partial charge in [0.05, 0.1) is 20.3 Å². The largest absolute Gasteiger partial charge is 0.740 e. The van der Waals surface area contributed by atoms with E-state index in [0.29, 0.717) is 5.95 Å². The number of hydrogen-bond donors (Lipinski definition) is 0. The molecule has 5 heteroatoms. The van der Waals surface area contributed by atoms with Gasteiger partial charge in [-0.3, -0.25) is 4.90 Å². The van der Waals surface area contributed by atoms with Crippen LogP contribution in [0.3, 0.4) is 0 Å². The van der Waals surface area contributed by atoms with Crippen molar-refractivity contribution in [3.8, 4) is 0 Å². The molecular formula is C8H14N4O. The van der Waals surface area contributed by atoms with Crippen molar-refractivity contribution in [3.63, 3.8) is 0 Å². The molecule has 0 bridgehead atoms. The van der Waals surface area contributed by atoms with Crippen LogP contribution in [0.2, 0.25) is 0 Å². The molecule has 0 aromatic carbocycles. The zero-order chi connectivity index (χ0) is 10.0. The lowest BCUT2D eigenvalue weighted by Gasteiger charge is -2.14. The highest BCUT2D eigenvalue weighted by atomic mass is 16.5. The standard InChI is InChI=1S/C8H14N4O/c1-10(2)7-5-6-12(13)8(9-7)11(3)4/h5-6H,1-4H3. The molecule has 0 saturated carbocycles. The topological polar surface area (TPSA) is 46.3 Å². The van der Waals surface area contributed by atoms with E-state index in [2.05, 4.69) is 4.98 Å². The van der Waals surface area contributed by atoms with Gasteiger partial charge in [-0.05, 0) is 0 Å². The molecule has 0 amide bonds. The first-order chi connectivity index (χ1) is 6.02. The summed E-state index contributed by atoms with van der Waals surface area (Å²) in [5.74, 6) is 1.17. The van der Waals surface area contributed by atoms with Gasteiger partial charge in [-0.1, -0.05) is 4.98 Å². The van der Waals surface area contributed by atoms with Gasteiger partial charge in [0.25, 0.3) is 0 Å². The average molecular weight is 182 g/mol. The Morgan fingerprint density at radius 1 is 1.23 bits per heavy atom. The van der Waals surface area contributed by atoms with Crippen molar-refractivity contribution in [2.75, 3.05) is 38.0 Å². The van der Waals surface area contributed by atoms with E-state index >= 15 is 0 Å². The van der Waals surface area contributed by atoms with Crippen LogP contribution in [0.4, 0.5) is 11.8 Å². The molecule has 0 saturated heterocycles. The van der Waals surface area contributed by atoms with Gasteiger partial charge in [0.15, 0.2) is 0 Å². The van der Waals surface area contributed by atoms with Crippen LogP contribution in [0.1, 0.15) is 0 Å². The van der Waals surface area contributed by atoms with E-state index in [1.807, 2.05) is 19.0 Å². The molecule has 1 heterocycles. The van der Waals surface area contributed by atoms with Crippen molar-refractivity contribution >= 4 is 11.8 Å². The summed E-state index contributed by atoms with van der Waals surface area (Å²) in [4.78, 5) is 7.71. The van der Waals surface area contributed by atoms with Crippen molar-refractivity contribution in [1.29, 1.82) is 0 Å². The predicted octanol–water partition coefficient (Wildman–Crippen LogP) is -0.153. The highest BCUT2D eigenvalue weighted by Gasteiger charge is 2.12. The van der Waals surface area contributed by atoms with E-state index in [4.69, 9.17) is 0 Å². The minimum Gasteiger partial charge on any atom is -0.740 e. The van der Waals surface area contributed by atoms with E-state index < -0.39 is 0 Å². The Morgan fingerprint density at radius 2 is 1.85 bits per heavy atom. The third-order valence-corrected chi connectivity index (χ3v) is 1.63. The second-order valence-electron chi connectivity index (χ2n) is 3.20. The van der Waals surface area contributed by atoms with Crippen molar-refractivity contribution in [2.24, 2.45) is 0 Å². The molecule has 72 valence electrons. The van der Waals surface area contributed by atoms with Gasteiger partial charge in [0.1, 0.15) is 0 Å². The molecule has 13 heavy (non-hydrogen) atoms. The number of nitrogens with zero attached hydrogens (tertiary/aromatic N) is 4. The average Bonchev–Trinajstić information content (AvgIpc) is 2.04. The second kappa shape index (κ2) is 3.47. The van der Waals surface area contributed by atoms with Crippen molar-refractivity contribution in [1.82, 2.24) is 4.98 Å². The van der Waals surface area contributed by atoms with E-state index in [1.165, 1.54) is 6.20 Å². The van der Waals surface area contributed by atoms with E-state index in [1.54, 1.807) is 25.1 Å². The normalized spacial score (nSPS) is 9.85. The van der Waals surface area contributed by atoms with Crippen LogP contribution in [0.15, 0.2) is 12.3 Å². The maximum Gasteiger partial charge on any atom is 0.396 e. The fourth-order valence-electron chi connectivity index (χ4n) is 0.936. The smallest absolute Gasteiger partial charge is 0.396 e. The van der Waals surface area contributed by atoms with Gasteiger partial charge in [0.2, 0.25) is 5.82 Å². The van der Waals surface area contributed by atoms with E-state index in [9.17, 15) is 5.21 Å². The molecule has 0 aliphatic heterocycles. The van der Waals surface area contributed by atoms with Crippen LogP contribution < -0.4 is 14.5 Å². The molecule has 0 aliphatic rings. The highest BCUT2D eigenvalue weighted by molar-refractivity contribution is 5.38. The predicted molar refractivity (Wildman–Crippen MR) is 51.9 cm³/mol.